The Hall–Kier alpha value is -0.840. The number of halogens is 12. The first kappa shape index (κ1) is 21.2. The average Bonchev–Trinajstić information content (AvgIpc) is 2.35. The topological polar surface area (TPSA) is 0 Å². The zero-order valence-electron chi connectivity index (χ0n) is 10.7. The molecule has 0 spiro atoms. The molecular formula is C10H10F12. The van der Waals surface area contributed by atoms with Crippen molar-refractivity contribution < 1.29 is 52.7 Å². The molecule has 0 aromatic heterocycles. The fraction of sp³-hybridized carbons (Fsp3) is 1.00. The van der Waals surface area contributed by atoms with Crippen LogP contribution in [0.3, 0.4) is 0 Å². The van der Waals surface area contributed by atoms with Gasteiger partial charge >= 0.3 is 36.0 Å². The van der Waals surface area contributed by atoms with E-state index in [4.69, 9.17) is 0 Å². The van der Waals surface area contributed by atoms with Crippen LogP contribution < -0.4 is 0 Å². The van der Waals surface area contributed by atoms with Crippen molar-refractivity contribution in [3.05, 3.63) is 0 Å². The monoisotopic (exact) mass is 358 g/mol. The van der Waals surface area contributed by atoms with Crippen LogP contribution in [0.15, 0.2) is 0 Å². The molecule has 12 heteroatoms. The van der Waals surface area contributed by atoms with Crippen LogP contribution in [0, 0.1) is 0 Å². The highest BCUT2D eigenvalue weighted by molar-refractivity contribution is 4.97. The third-order valence-electron chi connectivity index (χ3n) is 2.88. The fourth-order valence-corrected chi connectivity index (χ4v) is 1.29. The van der Waals surface area contributed by atoms with Gasteiger partial charge in [-0.1, -0.05) is 6.92 Å². The van der Waals surface area contributed by atoms with Crippen LogP contribution in [0.4, 0.5) is 52.7 Å². The Morgan fingerprint density at radius 3 is 1.32 bits per heavy atom. The minimum absolute atomic E-state index is 0.406. The molecule has 0 aliphatic rings. The Balaban J connectivity index is 5.25. The quantitative estimate of drug-likeness (QED) is 0.494. The fourth-order valence-electron chi connectivity index (χ4n) is 1.29. The molecule has 0 aromatic carbocycles. The summed E-state index contributed by atoms with van der Waals surface area (Å²) in [4.78, 5) is 0. The molecule has 0 aliphatic heterocycles. The van der Waals surface area contributed by atoms with Crippen LogP contribution in [0.25, 0.3) is 0 Å². The van der Waals surface area contributed by atoms with Gasteiger partial charge in [0.25, 0.3) is 0 Å². The van der Waals surface area contributed by atoms with Gasteiger partial charge < -0.3 is 0 Å². The van der Waals surface area contributed by atoms with Crippen molar-refractivity contribution in [2.24, 2.45) is 0 Å². The summed E-state index contributed by atoms with van der Waals surface area (Å²) in [6, 6.07) is 0. The van der Waals surface area contributed by atoms with E-state index in [2.05, 4.69) is 0 Å². The number of alkyl halides is 12. The second-order valence-electron chi connectivity index (χ2n) is 4.46. The van der Waals surface area contributed by atoms with E-state index in [-0.39, 0.29) is 0 Å². The first-order chi connectivity index (χ1) is 9.46. The molecule has 22 heavy (non-hydrogen) atoms. The lowest BCUT2D eigenvalue weighted by atomic mass is 9.95. The van der Waals surface area contributed by atoms with Gasteiger partial charge in [-0.25, -0.2) is 8.78 Å². The summed E-state index contributed by atoms with van der Waals surface area (Å²) in [5.74, 6) is -29.0. The van der Waals surface area contributed by atoms with Crippen molar-refractivity contribution in [3.63, 3.8) is 0 Å². The van der Waals surface area contributed by atoms with Crippen molar-refractivity contribution in [1.82, 2.24) is 0 Å². The lowest BCUT2D eigenvalue weighted by molar-refractivity contribution is -0.319. The maximum absolute atomic E-state index is 13.0. The smallest absolute Gasteiger partial charge is 0.203 e. The molecule has 0 atom stereocenters. The summed E-state index contributed by atoms with van der Waals surface area (Å²) in [6.45, 7) is 0.406. The van der Waals surface area contributed by atoms with E-state index in [0.717, 1.165) is 0 Å². The van der Waals surface area contributed by atoms with Crippen molar-refractivity contribution >= 4 is 0 Å². The summed E-state index contributed by atoms with van der Waals surface area (Å²) >= 11 is 0. The molecule has 0 nitrogen and oxygen atoms in total. The van der Waals surface area contributed by atoms with Gasteiger partial charge in [0.1, 0.15) is 0 Å². The zero-order valence-corrected chi connectivity index (χ0v) is 10.7. The van der Waals surface area contributed by atoms with Crippen molar-refractivity contribution in [1.29, 1.82) is 0 Å². The van der Waals surface area contributed by atoms with Crippen molar-refractivity contribution in [2.45, 2.75) is 62.2 Å². The largest absolute Gasteiger partial charge is 0.371 e. The lowest BCUT2D eigenvalue weighted by Crippen LogP contribution is -2.55. The van der Waals surface area contributed by atoms with Crippen LogP contribution in [0.2, 0.25) is 0 Å². The van der Waals surface area contributed by atoms with Gasteiger partial charge in [0, 0.05) is 19.3 Å². The minimum Gasteiger partial charge on any atom is -0.203 e. The minimum atomic E-state index is -6.11. The van der Waals surface area contributed by atoms with E-state index < -0.39 is 55.3 Å². The van der Waals surface area contributed by atoms with E-state index >= 15 is 0 Å². The summed E-state index contributed by atoms with van der Waals surface area (Å²) < 4.78 is 151. The summed E-state index contributed by atoms with van der Waals surface area (Å²) in [5.41, 5.74) is 0. The molecule has 0 fully saturated rings. The predicted octanol–water partition coefficient (Wildman–Crippen LogP) is 5.62. The molecule has 0 rings (SSSR count). The molecule has 0 N–H and O–H groups in total. The maximum atomic E-state index is 13.0. The molecule has 134 valence electrons. The van der Waals surface area contributed by atoms with E-state index in [0.29, 0.717) is 6.92 Å². The highest BCUT2D eigenvalue weighted by Gasteiger charge is 2.71. The number of rotatable bonds is 8. The van der Waals surface area contributed by atoms with E-state index in [9.17, 15) is 52.7 Å². The first-order valence-electron chi connectivity index (χ1n) is 5.63. The standard InChI is InChI=1S/C10H10F12/c1-2-6(13,14)10(21,22)8(17,18)4-3-7(15,16)9(19,20)5(11)12/h5H,2-4H2,1H3. The van der Waals surface area contributed by atoms with Gasteiger partial charge in [0.15, 0.2) is 0 Å². The number of hydrogen-bond acceptors (Lipinski definition) is 0. The Morgan fingerprint density at radius 2 is 1.00 bits per heavy atom. The van der Waals surface area contributed by atoms with E-state index in [1.165, 1.54) is 0 Å². The zero-order chi connectivity index (χ0) is 18.2. The maximum Gasteiger partial charge on any atom is 0.371 e. The predicted molar refractivity (Wildman–Crippen MR) is 50.3 cm³/mol. The highest BCUT2D eigenvalue weighted by Crippen LogP contribution is 2.51. The average molecular weight is 358 g/mol. The molecule has 0 aliphatic carbocycles. The van der Waals surface area contributed by atoms with Gasteiger partial charge in [-0.2, -0.15) is 43.9 Å². The molecule has 0 heterocycles. The van der Waals surface area contributed by atoms with E-state index in [1.807, 2.05) is 0 Å². The van der Waals surface area contributed by atoms with Crippen molar-refractivity contribution in [2.75, 3.05) is 0 Å². The second kappa shape index (κ2) is 5.99. The van der Waals surface area contributed by atoms with Crippen LogP contribution in [-0.4, -0.2) is 36.0 Å². The Bertz CT molecular complexity index is 372. The van der Waals surface area contributed by atoms with Gasteiger partial charge in [-0.15, -0.1) is 0 Å². The van der Waals surface area contributed by atoms with Crippen LogP contribution >= 0.6 is 0 Å². The van der Waals surface area contributed by atoms with Crippen LogP contribution in [0.1, 0.15) is 26.2 Å². The van der Waals surface area contributed by atoms with Gasteiger partial charge in [0.05, 0.1) is 0 Å². The van der Waals surface area contributed by atoms with Crippen LogP contribution in [-0.2, 0) is 0 Å². The number of hydrogen-bond donors (Lipinski definition) is 0. The summed E-state index contributed by atoms with van der Waals surface area (Å²) in [5, 5.41) is 0. The summed E-state index contributed by atoms with van der Waals surface area (Å²) in [7, 11) is 0. The Kier molecular flexibility index (Phi) is 5.76. The van der Waals surface area contributed by atoms with E-state index in [1.54, 1.807) is 0 Å². The Labute approximate surface area is 116 Å². The molecule has 0 amide bonds. The molecular weight excluding hydrogens is 348 g/mol. The molecule has 0 aromatic rings. The molecule has 0 saturated heterocycles. The second-order valence-corrected chi connectivity index (χ2v) is 4.46. The SMILES string of the molecule is CCC(F)(F)C(F)(F)C(F)(F)CCC(F)(F)C(F)(F)C(F)F. The van der Waals surface area contributed by atoms with Crippen molar-refractivity contribution in [3.8, 4) is 0 Å². The van der Waals surface area contributed by atoms with Gasteiger partial charge in [-0.3, -0.25) is 0 Å². The highest BCUT2D eigenvalue weighted by atomic mass is 19.4. The normalized spacial score (nSPS) is 15.5. The Morgan fingerprint density at radius 1 is 0.636 bits per heavy atom. The van der Waals surface area contributed by atoms with Gasteiger partial charge in [-0.05, 0) is 0 Å². The molecule has 0 bridgehead atoms. The molecule has 0 radical (unpaired) electrons. The van der Waals surface area contributed by atoms with Crippen LogP contribution in [0.5, 0.6) is 0 Å². The van der Waals surface area contributed by atoms with Gasteiger partial charge in [0.2, 0.25) is 0 Å². The first-order valence-corrected chi connectivity index (χ1v) is 5.63. The third-order valence-corrected chi connectivity index (χ3v) is 2.88. The third kappa shape index (κ3) is 3.55. The molecule has 0 unspecified atom stereocenters. The molecule has 0 saturated carbocycles. The summed E-state index contributed by atoms with van der Waals surface area (Å²) in [6.07, 6.45) is -12.4. The lowest BCUT2D eigenvalue weighted by Gasteiger charge is -2.34.